The number of nitrogens with one attached hydrogen (secondary N) is 1. The van der Waals surface area contributed by atoms with Crippen LogP contribution >= 0.6 is 0 Å². The topological polar surface area (TPSA) is 55.4 Å². The Balaban J connectivity index is 2.00. The minimum Gasteiger partial charge on any atom is -0.467 e. The highest BCUT2D eigenvalue weighted by Crippen LogP contribution is 2.10. The van der Waals surface area contributed by atoms with Gasteiger partial charge in [0.05, 0.1) is 7.11 Å². The van der Waals surface area contributed by atoms with E-state index in [1.54, 1.807) is 0 Å². The first-order valence-electron chi connectivity index (χ1n) is 8.06. The molecule has 0 fully saturated rings. The molecule has 24 heavy (non-hydrogen) atoms. The smallest absolute Gasteiger partial charge is 0.328 e. The molecule has 2 rings (SSSR count). The lowest BCUT2D eigenvalue weighted by Crippen LogP contribution is -2.45. The van der Waals surface area contributed by atoms with Crippen molar-refractivity contribution in [2.45, 2.75) is 25.8 Å². The summed E-state index contributed by atoms with van der Waals surface area (Å²) in [5.41, 5.74) is 2.07. The van der Waals surface area contributed by atoms with Crippen LogP contribution < -0.4 is 5.32 Å². The van der Waals surface area contributed by atoms with Gasteiger partial charge in [0, 0.05) is 12.3 Å². The third kappa shape index (κ3) is 5.23. The van der Waals surface area contributed by atoms with Crippen LogP contribution in [0.5, 0.6) is 0 Å². The molecule has 0 aromatic heterocycles. The zero-order valence-corrected chi connectivity index (χ0v) is 14.1. The second-order valence-electron chi connectivity index (χ2n) is 5.86. The van der Waals surface area contributed by atoms with E-state index in [4.69, 9.17) is 4.74 Å². The molecule has 4 heteroatoms. The van der Waals surface area contributed by atoms with Gasteiger partial charge < -0.3 is 10.1 Å². The van der Waals surface area contributed by atoms with Crippen molar-refractivity contribution in [2.24, 2.45) is 5.92 Å². The molecule has 4 nitrogen and oxygen atoms in total. The van der Waals surface area contributed by atoms with E-state index in [9.17, 15) is 9.59 Å². The summed E-state index contributed by atoms with van der Waals surface area (Å²) in [6.45, 7) is 1.86. The number of amides is 1. The molecular weight excluding hydrogens is 302 g/mol. The average molecular weight is 325 g/mol. The third-order valence-electron chi connectivity index (χ3n) is 3.92. The van der Waals surface area contributed by atoms with Gasteiger partial charge >= 0.3 is 5.97 Å². The molecule has 0 unspecified atom stereocenters. The van der Waals surface area contributed by atoms with E-state index in [2.05, 4.69) is 5.32 Å². The molecule has 0 aliphatic rings. The van der Waals surface area contributed by atoms with Crippen LogP contribution in [-0.2, 0) is 27.2 Å². The normalized spacial score (nSPS) is 12.9. The van der Waals surface area contributed by atoms with E-state index >= 15 is 0 Å². The molecule has 0 saturated heterocycles. The molecule has 0 heterocycles. The molecule has 0 radical (unpaired) electrons. The molecule has 1 amide bonds. The fourth-order valence-corrected chi connectivity index (χ4v) is 2.56. The Labute approximate surface area is 142 Å². The lowest BCUT2D eigenvalue weighted by Gasteiger charge is -2.19. The number of carbonyl (C=O) groups excluding carboxylic acids is 2. The maximum Gasteiger partial charge on any atom is 0.328 e. The predicted octanol–water partition coefficient (Wildman–Crippen LogP) is 2.77. The lowest BCUT2D eigenvalue weighted by atomic mass is 9.99. The second-order valence-corrected chi connectivity index (χ2v) is 5.86. The van der Waals surface area contributed by atoms with Gasteiger partial charge in [-0.25, -0.2) is 4.79 Å². The van der Waals surface area contributed by atoms with Gasteiger partial charge in [0.25, 0.3) is 0 Å². The number of hydrogen-bond donors (Lipinski definition) is 1. The number of methoxy groups -OCH3 is 1. The number of rotatable bonds is 7. The summed E-state index contributed by atoms with van der Waals surface area (Å²) in [7, 11) is 1.33. The van der Waals surface area contributed by atoms with E-state index in [0.29, 0.717) is 12.8 Å². The standard InChI is InChI=1S/C20H23NO3/c1-15(13-16-9-5-3-6-10-16)19(22)21-18(20(23)24-2)14-17-11-7-4-8-12-17/h3-12,15,18H,13-14H2,1-2H3,(H,21,22)/t15-,18+/m1/s1. The Morgan fingerprint density at radius 1 is 0.917 bits per heavy atom. The van der Waals surface area contributed by atoms with Gasteiger partial charge in [-0.15, -0.1) is 0 Å². The van der Waals surface area contributed by atoms with Crippen LogP contribution in [0.1, 0.15) is 18.1 Å². The SMILES string of the molecule is COC(=O)[C@H](Cc1ccccc1)NC(=O)[C@H](C)Cc1ccccc1. The zero-order valence-electron chi connectivity index (χ0n) is 14.1. The molecular formula is C20H23NO3. The van der Waals surface area contributed by atoms with E-state index in [1.165, 1.54) is 7.11 Å². The van der Waals surface area contributed by atoms with Crippen molar-refractivity contribution in [1.29, 1.82) is 0 Å². The highest BCUT2D eigenvalue weighted by molar-refractivity contribution is 5.85. The summed E-state index contributed by atoms with van der Waals surface area (Å²) in [6.07, 6.45) is 1.04. The van der Waals surface area contributed by atoms with Crippen LogP contribution in [0.4, 0.5) is 0 Å². The summed E-state index contributed by atoms with van der Waals surface area (Å²) in [5, 5.41) is 2.82. The second kappa shape index (κ2) is 8.87. The van der Waals surface area contributed by atoms with Crippen LogP contribution in [0.25, 0.3) is 0 Å². The van der Waals surface area contributed by atoms with Crippen molar-refractivity contribution < 1.29 is 14.3 Å². The fourth-order valence-electron chi connectivity index (χ4n) is 2.56. The number of benzene rings is 2. The van der Waals surface area contributed by atoms with Crippen LogP contribution in [-0.4, -0.2) is 25.0 Å². The van der Waals surface area contributed by atoms with E-state index < -0.39 is 12.0 Å². The molecule has 0 bridgehead atoms. The maximum atomic E-state index is 12.4. The molecule has 2 atom stereocenters. The molecule has 0 spiro atoms. The summed E-state index contributed by atoms with van der Waals surface area (Å²) >= 11 is 0. The van der Waals surface area contributed by atoms with E-state index in [-0.39, 0.29) is 11.8 Å². The Hall–Kier alpha value is -2.62. The fraction of sp³-hybridized carbons (Fsp3) is 0.300. The first-order valence-corrected chi connectivity index (χ1v) is 8.06. The molecule has 0 aliphatic heterocycles. The molecule has 0 saturated carbocycles. The minimum absolute atomic E-state index is 0.148. The zero-order chi connectivity index (χ0) is 17.4. The van der Waals surface area contributed by atoms with E-state index in [0.717, 1.165) is 11.1 Å². The monoisotopic (exact) mass is 325 g/mol. The van der Waals surface area contributed by atoms with Crippen molar-refractivity contribution in [3.8, 4) is 0 Å². The Morgan fingerprint density at radius 3 is 1.92 bits per heavy atom. The van der Waals surface area contributed by atoms with Gasteiger partial charge in [-0.05, 0) is 17.5 Å². The Morgan fingerprint density at radius 2 is 1.42 bits per heavy atom. The number of esters is 1. The Kier molecular flexibility index (Phi) is 6.55. The van der Waals surface area contributed by atoms with E-state index in [1.807, 2.05) is 67.6 Å². The van der Waals surface area contributed by atoms with Crippen LogP contribution in [0.2, 0.25) is 0 Å². The number of ether oxygens (including phenoxy) is 1. The van der Waals surface area contributed by atoms with Gasteiger partial charge in [-0.3, -0.25) is 4.79 Å². The summed E-state index contributed by atoms with van der Waals surface area (Å²) < 4.78 is 4.83. The van der Waals surface area contributed by atoms with Crippen molar-refractivity contribution >= 4 is 11.9 Å². The Bertz CT molecular complexity index is 655. The first kappa shape index (κ1) is 17.7. The molecule has 0 aliphatic carbocycles. The number of hydrogen-bond acceptors (Lipinski definition) is 3. The number of carbonyl (C=O) groups is 2. The van der Waals surface area contributed by atoms with Gasteiger partial charge in [-0.2, -0.15) is 0 Å². The molecule has 2 aromatic carbocycles. The predicted molar refractivity (Wildman–Crippen MR) is 93.4 cm³/mol. The summed E-state index contributed by atoms with van der Waals surface area (Å²) in [4.78, 5) is 24.4. The van der Waals surface area contributed by atoms with Crippen molar-refractivity contribution in [3.63, 3.8) is 0 Å². The van der Waals surface area contributed by atoms with Gasteiger partial charge in [0.1, 0.15) is 6.04 Å². The average Bonchev–Trinajstić information content (AvgIpc) is 2.62. The first-order chi connectivity index (χ1) is 11.6. The quantitative estimate of drug-likeness (QED) is 0.797. The summed E-state index contributed by atoms with van der Waals surface area (Å²) in [6, 6.07) is 18.7. The van der Waals surface area contributed by atoms with Crippen LogP contribution in [0.3, 0.4) is 0 Å². The molecule has 2 aromatic rings. The van der Waals surface area contributed by atoms with Gasteiger partial charge in [-0.1, -0.05) is 67.6 Å². The van der Waals surface area contributed by atoms with Gasteiger partial charge in [0.2, 0.25) is 5.91 Å². The van der Waals surface area contributed by atoms with Crippen molar-refractivity contribution in [1.82, 2.24) is 5.32 Å². The molecule has 126 valence electrons. The lowest BCUT2D eigenvalue weighted by molar-refractivity contribution is -0.145. The van der Waals surface area contributed by atoms with Gasteiger partial charge in [0.15, 0.2) is 0 Å². The van der Waals surface area contributed by atoms with Crippen molar-refractivity contribution in [3.05, 3.63) is 71.8 Å². The van der Waals surface area contributed by atoms with Crippen LogP contribution in [0.15, 0.2) is 60.7 Å². The molecule has 1 N–H and O–H groups in total. The van der Waals surface area contributed by atoms with Crippen molar-refractivity contribution in [2.75, 3.05) is 7.11 Å². The third-order valence-corrected chi connectivity index (χ3v) is 3.92. The summed E-state index contributed by atoms with van der Waals surface area (Å²) in [5.74, 6) is -0.806. The highest BCUT2D eigenvalue weighted by atomic mass is 16.5. The largest absolute Gasteiger partial charge is 0.467 e. The highest BCUT2D eigenvalue weighted by Gasteiger charge is 2.24. The minimum atomic E-state index is -0.678. The maximum absolute atomic E-state index is 12.4. The van der Waals surface area contributed by atoms with Crippen LogP contribution in [0, 0.1) is 5.92 Å².